The fourth-order valence-electron chi connectivity index (χ4n) is 2.63. The molecule has 3 nitrogen and oxygen atoms in total. The first-order valence-corrected chi connectivity index (χ1v) is 5.66. The lowest BCUT2D eigenvalue weighted by Crippen LogP contribution is -2.63. The number of β-amino-alcohol motifs (C(OH)–C–C–N with tert-alkyl or cyclic N) is 1. The van der Waals surface area contributed by atoms with Gasteiger partial charge in [-0.25, -0.2) is 0 Å². The lowest BCUT2D eigenvalue weighted by atomic mass is 9.76. The van der Waals surface area contributed by atoms with Gasteiger partial charge in [0.25, 0.3) is 0 Å². The predicted molar refractivity (Wildman–Crippen MR) is 60.1 cm³/mol. The highest BCUT2D eigenvalue weighted by atomic mass is 16.3. The zero-order valence-electron chi connectivity index (χ0n) is 9.31. The quantitative estimate of drug-likeness (QED) is 0.760. The number of hydrogen-bond acceptors (Lipinski definition) is 2. The Morgan fingerprint density at radius 3 is 2.75 bits per heavy atom. The van der Waals surface area contributed by atoms with Gasteiger partial charge in [0.15, 0.2) is 0 Å². The van der Waals surface area contributed by atoms with Crippen LogP contribution in [-0.4, -0.2) is 34.6 Å². The van der Waals surface area contributed by atoms with E-state index >= 15 is 0 Å². The van der Waals surface area contributed by atoms with Crippen molar-refractivity contribution in [3.8, 4) is 0 Å². The van der Waals surface area contributed by atoms with E-state index in [4.69, 9.17) is 0 Å². The molecule has 3 rings (SSSR count). The molecule has 1 saturated heterocycles. The van der Waals surface area contributed by atoms with E-state index in [1.165, 1.54) is 11.1 Å². The second kappa shape index (κ2) is 3.08. The van der Waals surface area contributed by atoms with Crippen LogP contribution >= 0.6 is 0 Å². The number of benzene rings is 1. The third-order valence-corrected chi connectivity index (χ3v) is 3.53. The Morgan fingerprint density at radius 2 is 2.12 bits per heavy atom. The van der Waals surface area contributed by atoms with E-state index < -0.39 is 5.60 Å². The second-order valence-corrected chi connectivity index (χ2v) is 5.15. The van der Waals surface area contributed by atoms with Gasteiger partial charge in [-0.15, -0.1) is 0 Å². The molecule has 84 valence electrons. The fourth-order valence-corrected chi connectivity index (χ4v) is 2.63. The molecule has 2 aliphatic rings. The molecule has 1 aromatic rings. The molecule has 3 heteroatoms. The maximum atomic E-state index is 12.1. The number of likely N-dealkylation sites (tertiary alicyclic amines) is 1. The van der Waals surface area contributed by atoms with Crippen LogP contribution in [0.3, 0.4) is 0 Å². The average Bonchev–Trinajstić information content (AvgIpc) is 2.16. The number of nitrogens with zero attached hydrogens (tertiary/aromatic N) is 1. The van der Waals surface area contributed by atoms with E-state index in [0.717, 1.165) is 6.42 Å². The number of hydrogen-bond donors (Lipinski definition) is 1. The Labute approximate surface area is 94.7 Å². The summed E-state index contributed by atoms with van der Waals surface area (Å²) in [6, 6.07) is 8.09. The van der Waals surface area contributed by atoms with Crippen LogP contribution in [-0.2, 0) is 11.2 Å². The van der Waals surface area contributed by atoms with Crippen LogP contribution in [0.5, 0.6) is 0 Å². The van der Waals surface area contributed by atoms with Crippen LogP contribution in [0.1, 0.15) is 24.0 Å². The van der Waals surface area contributed by atoms with E-state index in [1.807, 2.05) is 18.2 Å². The van der Waals surface area contributed by atoms with E-state index in [2.05, 4.69) is 6.07 Å². The standard InChI is InChI=1S/C13H15NO2/c1-13(16)7-14(8-13)12(15)11-6-9-4-2-3-5-10(9)11/h2-5,11,16H,6-8H2,1H3. The molecule has 0 bridgehead atoms. The normalized spacial score (nSPS) is 25.4. The van der Waals surface area contributed by atoms with Crippen LogP contribution in [0.4, 0.5) is 0 Å². The van der Waals surface area contributed by atoms with Crippen molar-refractivity contribution >= 4 is 5.91 Å². The van der Waals surface area contributed by atoms with E-state index in [9.17, 15) is 9.90 Å². The van der Waals surface area contributed by atoms with Crippen LogP contribution in [0.15, 0.2) is 24.3 Å². The van der Waals surface area contributed by atoms with Gasteiger partial charge < -0.3 is 10.0 Å². The molecule has 1 fully saturated rings. The zero-order valence-corrected chi connectivity index (χ0v) is 9.31. The van der Waals surface area contributed by atoms with Crippen molar-refractivity contribution in [2.45, 2.75) is 24.9 Å². The van der Waals surface area contributed by atoms with Crippen LogP contribution in [0.25, 0.3) is 0 Å². The lowest BCUT2D eigenvalue weighted by Gasteiger charge is -2.46. The minimum absolute atomic E-state index is 0.0345. The number of rotatable bonds is 1. The second-order valence-electron chi connectivity index (χ2n) is 5.15. The Bertz CT molecular complexity index is 445. The maximum absolute atomic E-state index is 12.1. The molecular formula is C13H15NO2. The fraction of sp³-hybridized carbons (Fsp3) is 0.462. The third kappa shape index (κ3) is 1.35. The van der Waals surface area contributed by atoms with E-state index in [1.54, 1.807) is 11.8 Å². The Kier molecular flexibility index (Phi) is 1.89. The summed E-state index contributed by atoms with van der Waals surface area (Å²) in [5.74, 6) is 0.206. The summed E-state index contributed by atoms with van der Waals surface area (Å²) in [7, 11) is 0. The van der Waals surface area contributed by atoms with Gasteiger partial charge in [0.2, 0.25) is 5.91 Å². The van der Waals surface area contributed by atoms with Crippen LogP contribution < -0.4 is 0 Å². The zero-order chi connectivity index (χ0) is 11.3. The van der Waals surface area contributed by atoms with Crippen molar-refractivity contribution in [3.05, 3.63) is 35.4 Å². The minimum atomic E-state index is -0.668. The maximum Gasteiger partial charge on any atom is 0.230 e. The number of carbonyl (C=O) groups excluding carboxylic acids is 1. The number of aliphatic hydroxyl groups is 1. The minimum Gasteiger partial charge on any atom is -0.386 e. The van der Waals surface area contributed by atoms with Crippen molar-refractivity contribution in [2.24, 2.45) is 0 Å². The Hall–Kier alpha value is -1.35. The topological polar surface area (TPSA) is 40.5 Å². The van der Waals surface area contributed by atoms with Gasteiger partial charge in [-0.3, -0.25) is 4.79 Å². The van der Waals surface area contributed by atoms with Crippen molar-refractivity contribution < 1.29 is 9.90 Å². The molecule has 16 heavy (non-hydrogen) atoms. The smallest absolute Gasteiger partial charge is 0.230 e. The molecule has 1 aromatic carbocycles. The van der Waals surface area contributed by atoms with Gasteiger partial charge in [-0.2, -0.15) is 0 Å². The molecule has 0 radical (unpaired) electrons. The van der Waals surface area contributed by atoms with E-state index in [0.29, 0.717) is 13.1 Å². The van der Waals surface area contributed by atoms with Crippen molar-refractivity contribution in [1.82, 2.24) is 4.90 Å². The molecule has 0 saturated carbocycles. The first-order chi connectivity index (χ1) is 7.57. The highest BCUT2D eigenvalue weighted by molar-refractivity contribution is 5.87. The summed E-state index contributed by atoms with van der Waals surface area (Å²) in [5.41, 5.74) is 1.78. The molecule has 1 aliphatic carbocycles. The summed E-state index contributed by atoms with van der Waals surface area (Å²) in [6.07, 6.45) is 0.855. The summed E-state index contributed by atoms with van der Waals surface area (Å²) in [6.45, 7) is 2.72. The Balaban J connectivity index is 1.71. The molecule has 1 unspecified atom stereocenters. The van der Waals surface area contributed by atoms with Gasteiger partial charge in [-0.1, -0.05) is 24.3 Å². The molecule has 1 aliphatic heterocycles. The predicted octanol–water partition coefficient (Wildman–Crippen LogP) is 0.920. The molecule has 1 atom stereocenters. The average molecular weight is 217 g/mol. The first-order valence-electron chi connectivity index (χ1n) is 5.66. The summed E-state index contributed by atoms with van der Waals surface area (Å²) < 4.78 is 0. The van der Waals surface area contributed by atoms with Crippen LogP contribution in [0, 0.1) is 0 Å². The van der Waals surface area contributed by atoms with Gasteiger partial charge in [0.05, 0.1) is 24.6 Å². The van der Waals surface area contributed by atoms with E-state index in [-0.39, 0.29) is 11.8 Å². The molecule has 0 spiro atoms. The molecular weight excluding hydrogens is 202 g/mol. The SMILES string of the molecule is CC1(O)CN(C(=O)C2Cc3ccccc32)C1. The van der Waals surface area contributed by atoms with Crippen molar-refractivity contribution in [1.29, 1.82) is 0 Å². The third-order valence-electron chi connectivity index (χ3n) is 3.53. The number of carbonyl (C=O) groups is 1. The molecule has 1 N–H and O–H groups in total. The van der Waals surface area contributed by atoms with Gasteiger partial charge in [-0.05, 0) is 24.5 Å². The highest BCUT2D eigenvalue weighted by Gasteiger charge is 2.44. The lowest BCUT2D eigenvalue weighted by molar-refractivity contribution is -0.154. The molecule has 0 aromatic heterocycles. The van der Waals surface area contributed by atoms with Crippen molar-refractivity contribution in [2.75, 3.05) is 13.1 Å². The highest BCUT2D eigenvalue weighted by Crippen LogP contribution is 2.37. The van der Waals surface area contributed by atoms with Gasteiger partial charge in [0, 0.05) is 0 Å². The summed E-state index contributed by atoms with van der Waals surface area (Å²) >= 11 is 0. The first kappa shape index (κ1) is 9.85. The molecule has 1 heterocycles. The monoisotopic (exact) mass is 217 g/mol. The summed E-state index contributed by atoms with van der Waals surface area (Å²) in [4.78, 5) is 13.8. The van der Waals surface area contributed by atoms with Gasteiger partial charge >= 0.3 is 0 Å². The number of fused-ring (bicyclic) bond motifs is 1. The Morgan fingerprint density at radius 1 is 1.44 bits per heavy atom. The van der Waals surface area contributed by atoms with Gasteiger partial charge in [0.1, 0.15) is 0 Å². The van der Waals surface area contributed by atoms with Crippen LogP contribution in [0.2, 0.25) is 0 Å². The number of amides is 1. The molecule has 1 amide bonds. The summed E-state index contributed by atoms with van der Waals surface area (Å²) in [5, 5.41) is 9.61. The van der Waals surface area contributed by atoms with Crippen molar-refractivity contribution in [3.63, 3.8) is 0 Å². The largest absolute Gasteiger partial charge is 0.386 e.